The zero-order chi connectivity index (χ0) is 11.1. The second-order valence-electron chi connectivity index (χ2n) is 5.14. The first kappa shape index (κ1) is 11.7. The summed E-state index contributed by atoms with van der Waals surface area (Å²) >= 11 is 4.63. The van der Waals surface area contributed by atoms with Gasteiger partial charge in [0.2, 0.25) is 0 Å². The maximum atomic E-state index is 5.82. The van der Waals surface area contributed by atoms with Gasteiger partial charge in [0.25, 0.3) is 0 Å². The Morgan fingerprint density at radius 1 is 1.33 bits per heavy atom. The average molecular weight is 231 g/mol. The third kappa shape index (κ3) is 2.33. The first-order chi connectivity index (χ1) is 6.93. The van der Waals surface area contributed by atoms with E-state index in [1.165, 1.54) is 0 Å². The van der Waals surface area contributed by atoms with E-state index in [9.17, 15) is 0 Å². The topological polar surface area (TPSA) is 21.7 Å². The maximum absolute atomic E-state index is 5.82. The summed E-state index contributed by atoms with van der Waals surface area (Å²) in [7, 11) is 0. The van der Waals surface area contributed by atoms with Crippen molar-refractivity contribution in [2.75, 3.05) is 19.8 Å². The molecule has 2 aliphatic heterocycles. The Hall–Kier alpha value is 0.230. The van der Waals surface area contributed by atoms with Crippen LogP contribution in [0.2, 0.25) is 0 Å². The molecule has 15 heavy (non-hydrogen) atoms. The van der Waals surface area contributed by atoms with Gasteiger partial charge in [0.1, 0.15) is 0 Å². The summed E-state index contributed by atoms with van der Waals surface area (Å²) in [5, 5.41) is 0. The van der Waals surface area contributed by atoms with Crippen LogP contribution in [-0.2, 0) is 9.47 Å². The molecule has 0 radical (unpaired) electrons. The van der Waals surface area contributed by atoms with E-state index in [4.69, 9.17) is 9.47 Å². The van der Waals surface area contributed by atoms with Crippen LogP contribution in [0.3, 0.4) is 0 Å². The molecule has 0 aromatic carbocycles. The van der Waals surface area contributed by atoms with E-state index in [0.29, 0.717) is 6.04 Å². The normalized spacial score (nSPS) is 32.4. The summed E-state index contributed by atoms with van der Waals surface area (Å²) in [6.45, 7) is 8.95. The van der Waals surface area contributed by atoms with Crippen molar-refractivity contribution in [3.8, 4) is 0 Å². The van der Waals surface area contributed by atoms with Gasteiger partial charge in [-0.2, -0.15) is 12.6 Å². The van der Waals surface area contributed by atoms with Crippen LogP contribution >= 0.6 is 12.6 Å². The lowest BCUT2D eigenvalue weighted by Crippen LogP contribution is -2.47. The highest BCUT2D eigenvalue weighted by atomic mass is 32.1. The van der Waals surface area contributed by atoms with E-state index in [0.717, 1.165) is 32.6 Å². The van der Waals surface area contributed by atoms with Gasteiger partial charge in [0, 0.05) is 12.5 Å². The average Bonchev–Trinajstić information content (AvgIpc) is 2.44. The fourth-order valence-corrected chi connectivity index (χ4v) is 2.87. The van der Waals surface area contributed by atoms with E-state index in [-0.39, 0.29) is 10.7 Å². The molecule has 0 saturated carbocycles. The molecule has 2 rings (SSSR count). The molecular formula is C11H21NO2S. The minimum Gasteiger partial charge on any atom is -0.348 e. The fourth-order valence-electron chi connectivity index (χ4n) is 2.60. The predicted molar refractivity (Wildman–Crippen MR) is 63.1 cm³/mol. The Balaban J connectivity index is 2.08. The Kier molecular flexibility index (Phi) is 3.05. The second-order valence-corrected chi connectivity index (χ2v) is 6.23. The van der Waals surface area contributed by atoms with E-state index >= 15 is 0 Å². The molecule has 1 spiro atoms. The van der Waals surface area contributed by atoms with Crippen LogP contribution in [0.4, 0.5) is 0 Å². The minimum absolute atomic E-state index is 0.104. The molecule has 0 aromatic heterocycles. The third-order valence-electron chi connectivity index (χ3n) is 3.27. The van der Waals surface area contributed by atoms with Gasteiger partial charge in [-0.3, -0.25) is 4.90 Å². The summed E-state index contributed by atoms with van der Waals surface area (Å²) in [6, 6.07) is 0.468. The molecule has 0 aliphatic carbocycles. The highest BCUT2D eigenvalue weighted by Gasteiger charge is 2.48. The van der Waals surface area contributed by atoms with Crippen LogP contribution in [-0.4, -0.2) is 41.4 Å². The van der Waals surface area contributed by atoms with Gasteiger partial charge >= 0.3 is 0 Å². The fraction of sp³-hybridized carbons (Fsp3) is 1.00. The first-order valence-corrected chi connectivity index (χ1v) is 6.15. The van der Waals surface area contributed by atoms with Crippen molar-refractivity contribution in [1.29, 1.82) is 0 Å². The highest BCUT2D eigenvalue weighted by Crippen LogP contribution is 2.38. The van der Waals surface area contributed by atoms with Crippen molar-refractivity contribution >= 4 is 12.6 Å². The monoisotopic (exact) mass is 231 g/mol. The molecule has 88 valence electrons. The molecule has 3 nitrogen and oxygen atoms in total. The number of thiol groups is 1. The van der Waals surface area contributed by atoms with Crippen LogP contribution in [0, 0.1) is 0 Å². The molecular weight excluding hydrogens is 210 g/mol. The Bertz CT molecular complexity index is 233. The SMILES string of the molecule is C[C@@H]1CC2(CN1C(C)(C)S)OCCCO2. The summed E-state index contributed by atoms with van der Waals surface area (Å²) < 4.78 is 11.6. The van der Waals surface area contributed by atoms with E-state index in [1.54, 1.807) is 0 Å². The van der Waals surface area contributed by atoms with Crippen molar-refractivity contribution in [3.05, 3.63) is 0 Å². The Labute approximate surface area is 97.5 Å². The van der Waals surface area contributed by atoms with Crippen molar-refractivity contribution < 1.29 is 9.47 Å². The molecule has 0 amide bonds. The standard InChI is InChI=1S/C11H21NO2S/c1-9-7-11(13-5-4-6-14-11)8-12(9)10(2,3)15/h9,15H,4-8H2,1-3H3/t9-/m1/s1. The molecule has 4 heteroatoms. The van der Waals surface area contributed by atoms with Gasteiger partial charge in [-0.05, 0) is 27.2 Å². The number of hydrogen-bond acceptors (Lipinski definition) is 4. The van der Waals surface area contributed by atoms with E-state index in [1.807, 2.05) is 0 Å². The van der Waals surface area contributed by atoms with Crippen LogP contribution in [0.1, 0.15) is 33.6 Å². The molecule has 0 unspecified atom stereocenters. The van der Waals surface area contributed by atoms with Crippen molar-refractivity contribution in [2.45, 2.75) is 50.3 Å². The van der Waals surface area contributed by atoms with Gasteiger partial charge in [-0.1, -0.05) is 0 Å². The van der Waals surface area contributed by atoms with E-state index < -0.39 is 0 Å². The molecule has 0 N–H and O–H groups in total. The summed E-state index contributed by atoms with van der Waals surface area (Å²) in [4.78, 5) is 2.24. The first-order valence-electron chi connectivity index (χ1n) is 5.70. The molecule has 2 aliphatic rings. The molecule has 0 aromatic rings. The summed E-state index contributed by atoms with van der Waals surface area (Å²) in [5.41, 5.74) is 0. The number of nitrogens with zero attached hydrogens (tertiary/aromatic N) is 1. The van der Waals surface area contributed by atoms with Gasteiger partial charge in [0.05, 0.1) is 24.6 Å². The Morgan fingerprint density at radius 2 is 1.93 bits per heavy atom. The third-order valence-corrected chi connectivity index (χ3v) is 3.53. The number of rotatable bonds is 1. The van der Waals surface area contributed by atoms with Gasteiger partial charge in [0.15, 0.2) is 5.79 Å². The van der Waals surface area contributed by atoms with Crippen LogP contribution in [0.15, 0.2) is 0 Å². The zero-order valence-corrected chi connectivity index (χ0v) is 10.7. The molecule has 2 heterocycles. The molecule has 2 saturated heterocycles. The van der Waals surface area contributed by atoms with Crippen molar-refractivity contribution in [2.24, 2.45) is 0 Å². The highest BCUT2D eigenvalue weighted by molar-refractivity contribution is 7.81. The van der Waals surface area contributed by atoms with E-state index in [2.05, 4.69) is 38.3 Å². The smallest absolute Gasteiger partial charge is 0.182 e. The van der Waals surface area contributed by atoms with Crippen LogP contribution < -0.4 is 0 Å². The lowest BCUT2D eigenvalue weighted by atomic mass is 10.1. The lowest BCUT2D eigenvalue weighted by Gasteiger charge is -2.37. The number of ether oxygens (including phenoxy) is 2. The number of likely N-dealkylation sites (tertiary alicyclic amines) is 1. The summed E-state index contributed by atoms with van der Waals surface area (Å²) in [6.07, 6.45) is 1.97. The molecule has 0 bridgehead atoms. The maximum Gasteiger partial charge on any atom is 0.182 e. The molecule has 2 fully saturated rings. The van der Waals surface area contributed by atoms with Crippen molar-refractivity contribution in [3.63, 3.8) is 0 Å². The second kappa shape index (κ2) is 3.91. The zero-order valence-electron chi connectivity index (χ0n) is 9.82. The van der Waals surface area contributed by atoms with Crippen molar-refractivity contribution in [1.82, 2.24) is 4.90 Å². The lowest BCUT2D eigenvalue weighted by molar-refractivity contribution is -0.258. The predicted octanol–water partition coefficient (Wildman–Crippen LogP) is 1.88. The van der Waals surface area contributed by atoms with Gasteiger partial charge in [-0.25, -0.2) is 0 Å². The number of hydrogen-bond donors (Lipinski definition) is 1. The Morgan fingerprint density at radius 3 is 2.40 bits per heavy atom. The van der Waals surface area contributed by atoms with Gasteiger partial charge in [-0.15, -0.1) is 0 Å². The largest absolute Gasteiger partial charge is 0.348 e. The minimum atomic E-state index is -0.350. The van der Waals surface area contributed by atoms with Gasteiger partial charge < -0.3 is 9.47 Å². The van der Waals surface area contributed by atoms with Crippen LogP contribution in [0.5, 0.6) is 0 Å². The molecule has 1 atom stereocenters. The quantitative estimate of drug-likeness (QED) is 0.696. The summed E-state index contributed by atoms with van der Waals surface area (Å²) in [5.74, 6) is -0.350. The van der Waals surface area contributed by atoms with Crippen LogP contribution in [0.25, 0.3) is 0 Å².